The lowest BCUT2D eigenvalue weighted by atomic mass is 10.2. The minimum atomic E-state index is -0.523. The van der Waals surface area contributed by atoms with Crippen molar-refractivity contribution in [3.05, 3.63) is 51.8 Å². The van der Waals surface area contributed by atoms with Gasteiger partial charge in [0.05, 0.1) is 28.6 Å². The number of nitrogens with zero attached hydrogens (tertiary/aromatic N) is 4. The number of ether oxygens (including phenoxy) is 1. The fourth-order valence-electron chi connectivity index (χ4n) is 3.50. The van der Waals surface area contributed by atoms with Crippen LogP contribution in [0.3, 0.4) is 0 Å². The standard InChI is InChI=1S/C22H23N5O4S/c1-4-10-27-20(28)13-8-6-7-9-14(13)24-22(27)32-11-15-25-18(23)17-16(21(29)30-5-2)12(3)31-19(17)26-15/h6-9H,4-5,10-11H2,1-3H3,(H2,23,25,26). The van der Waals surface area contributed by atoms with Crippen LogP contribution in [0.4, 0.5) is 5.82 Å². The predicted octanol–water partition coefficient (Wildman–Crippen LogP) is 3.70. The second-order valence-electron chi connectivity index (χ2n) is 7.12. The molecule has 166 valence electrons. The second kappa shape index (κ2) is 8.99. The summed E-state index contributed by atoms with van der Waals surface area (Å²) in [5, 5.41) is 1.52. The normalized spacial score (nSPS) is 11.3. The number of rotatable bonds is 7. The van der Waals surface area contributed by atoms with Gasteiger partial charge in [-0.2, -0.15) is 4.98 Å². The highest BCUT2D eigenvalue weighted by Crippen LogP contribution is 2.30. The van der Waals surface area contributed by atoms with E-state index in [1.807, 2.05) is 25.1 Å². The molecule has 0 saturated carbocycles. The van der Waals surface area contributed by atoms with Crippen LogP contribution in [0.1, 0.15) is 42.2 Å². The first-order valence-electron chi connectivity index (χ1n) is 10.3. The Morgan fingerprint density at radius 3 is 2.75 bits per heavy atom. The molecule has 0 spiro atoms. The van der Waals surface area contributed by atoms with Gasteiger partial charge in [-0.1, -0.05) is 30.8 Å². The van der Waals surface area contributed by atoms with E-state index in [4.69, 9.17) is 14.9 Å². The third-order valence-corrected chi connectivity index (χ3v) is 5.86. The quantitative estimate of drug-likeness (QED) is 0.253. The van der Waals surface area contributed by atoms with E-state index in [2.05, 4.69) is 15.0 Å². The summed E-state index contributed by atoms with van der Waals surface area (Å²) in [5.74, 6) is 0.725. The zero-order valence-electron chi connectivity index (χ0n) is 18.0. The molecular weight excluding hydrogens is 430 g/mol. The monoisotopic (exact) mass is 453 g/mol. The van der Waals surface area contributed by atoms with Gasteiger partial charge in [0.25, 0.3) is 5.56 Å². The minimum Gasteiger partial charge on any atom is -0.462 e. The molecule has 3 heterocycles. The maximum atomic E-state index is 12.9. The number of fused-ring (bicyclic) bond motifs is 2. The van der Waals surface area contributed by atoms with Crippen molar-refractivity contribution in [2.45, 2.75) is 44.6 Å². The first-order chi connectivity index (χ1) is 15.4. The van der Waals surface area contributed by atoms with Gasteiger partial charge < -0.3 is 14.9 Å². The summed E-state index contributed by atoms with van der Waals surface area (Å²) in [4.78, 5) is 38.7. The number of aryl methyl sites for hydroxylation is 1. The minimum absolute atomic E-state index is 0.0726. The molecule has 0 aliphatic carbocycles. The summed E-state index contributed by atoms with van der Waals surface area (Å²) in [6, 6.07) is 7.28. The molecule has 32 heavy (non-hydrogen) atoms. The van der Waals surface area contributed by atoms with Gasteiger partial charge in [0.1, 0.15) is 23.0 Å². The van der Waals surface area contributed by atoms with E-state index in [1.165, 1.54) is 11.8 Å². The lowest BCUT2D eigenvalue weighted by Crippen LogP contribution is -2.23. The topological polar surface area (TPSA) is 126 Å². The Balaban J connectivity index is 1.69. The average molecular weight is 454 g/mol. The van der Waals surface area contributed by atoms with Crippen molar-refractivity contribution < 1.29 is 13.9 Å². The van der Waals surface area contributed by atoms with Crippen molar-refractivity contribution in [2.75, 3.05) is 12.3 Å². The lowest BCUT2D eigenvalue weighted by Gasteiger charge is -2.12. The summed E-state index contributed by atoms with van der Waals surface area (Å²) >= 11 is 1.35. The largest absolute Gasteiger partial charge is 0.462 e. The molecule has 0 atom stereocenters. The van der Waals surface area contributed by atoms with Crippen LogP contribution in [0, 0.1) is 6.92 Å². The highest BCUT2D eigenvalue weighted by atomic mass is 32.2. The van der Waals surface area contributed by atoms with E-state index in [9.17, 15) is 9.59 Å². The summed E-state index contributed by atoms with van der Waals surface area (Å²) in [5.41, 5.74) is 7.19. The lowest BCUT2D eigenvalue weighted by molar-refractivity contribution is 0.0526. The number of hydrogen-bond acceptors (Lipinski definition) is 9. The highest BCUT2D eigenvalue weighted by molar-refractivity contribution is 7.98. The number of nitrogens with two attached hydrogens (primary N) is 1. The molecule has 0 aliphatic heterocycles. The van der Waals surface area contributed by atoms with Crippen molar-refractivity contribution >= 4 is 45.6 Å². The van der Waals surface area contributed by atoms with Crippen LogP contribution >= 0.6 is 11.8 Å². The van der Waals surface area contributed by atoms with Gasteiger partial charge in [-0.05, 0) is 32.4 Å². The van der Waals surface area contributed by atoms with Crippen molar-refractivity contribution in [2.24, 2.45) is 0 Å². The van der Waals surface area contributed by atoms with Crippen molar-refractivity contribution in [3.63, 3.8) is 0 Å². The molecule has 0 bridgehead atoms. The second-order valence-corrected chi connectivity index (χ2v) is 8.06. The highest BCUT2D eigenvalue weighted by Gasteiger charge is 2.24. The molecule has 0 unspecified atom stereocenters. The first kappa shape index (κ1) is 21.8. The van der Waals surface area contributed by atoms with Gasteiger partial charge >= 0.3 is 5.97 Å². The summed E-state index contributed by atoms with van der Waals surface area (Å²) in [6.45, 7) is 6.18. The Morgan fingerprint density at radius 1 is 1.22 bits per heavy atom. The molecule has 9 nitrogen and oxygen atoms in total. The zero-order chi connectivity index (χ0) is 22.8. The molecule has 0 saturated heterocycles. The number of esters is 1. The molecule has 3 aromatic heterocycles. The molecule has 0 radical (unpaired) electrons. The van der Waals surface area contributed by atoms with E-state index in [0.29, 0.717) is 45.3 Å². The van der Waals surface area contributed by atoms with Crippen molar-refractivity contribution in [3.8, 4) is 0 Å². The number of aromatic nitrogens is 4. The third-order valence-electron chi connectivity index (χ3n) is 4.89. The fraction of sp³-hybridized carbons (Fsp3) is 0.318. The molecule has 2 N–H and O–H groups in total. The molecule has 10 heteroatoms. The van der Waals surface area contributed by atoms with Gasteiger partial charge in [-0.3, -0.25) is 9.36 Å². The van der Waals surface area contributed by atoms with Crippen LogP contribution in [0.15, 0.2) is 38.6 Å². The summed E-state index contributed by atoms with van der Waals surface area (Å²) in [6.07, 6.45) is 0.797. The zero-order valence-corrected chi connectivity index (χ0v) is 18.9. The van der Waals surface area contributed by atoms with Gasteiger partial charge in [0.15, 0.2) is 5.16 Å². The Labute approximate surface area is 188 Å². The Morgan fingerprint density at radius 2 is 2.00 bits per heavy atom. The van der Waals surface area contributed by atoms with Gasteiger partial charge in [0.2, 0.25) is 5.71 Å². The maximum absolute atomic E-state index is 12.9. The molecule has 0 fully saturated rings. The van der Waals surface area contributed by atoms with E-state index < -0.39 is 5.97 Å². The first-order valence-corrected chi connectivity index (χ1v) is 11.3. The van der Waals surface area contributed by atoms with Gasteiger partial charge in [-0.25, -0.2) is 14.8 Å². The molecule has 0 amide bonds. The van der Waals surface area contributed by atoms with E-state index in [0.717, 1.165) is 6.42 Å². The Bertz CT molecular complexity index is 1380. The maximum Gasteiger partial charge on any atom is 0.342 e. The third kappa shape index (κ3) is 3.93. The van der Waals surface area contributed by atoms with Crippen LogP contribution in [0.5, 0.6) is 0 Å². The Hall–Kier alpha value is -3.40. The number of nitrogen functional groups attached to an aromatic ring is 1. The van der Waals surface area contributed by atoms with Crippen LogP contribution in [-0.2, 0) is 17.0 Å². The van der Waals surface area contributed by atoms with E-state index >= 15 is 0 Å². The number of thioether (sulfide) groups is 1. The van der Waals surface area contributed by atoms with Gasteiger partial charge in [0, 0.05) is 6.54 Å². The Kier molecular flexibility index (Phi) is 6.13. The SMILES string of the molecule is CCCn1c(SCc2nc(N)c3c(C(=O)OCC)c(C)oc3n2)nc2ccccc2c1=O. The van der Waals surface area contributed by atoms with Crippen LogP contribution in [0.2, 0.25) is 0 Å². The molecular formula is C22H23N5O4S. The smallest absolute Gasteiger partial charge is 0.342 e. The number of carbonyl (C=O) groups is 1. The summed E-state index contributed by atoms with van der Waals surface area (Å²) in [7, 11) is 0. The molecule has 1 aromatic carbocycles. The summed E-state index contributed by atoms with van der Waals surface area (Å²) < 4.78 is 12.4. The van der Waals surface area contributed by atoms with E-state index in [-0.39, 0.29) is 29.3 Å². The number of anilines is 1. The van der Waals surface area contributed by atoms with Crippen molar-refractivity contribution in [1.82, 2.24) is 19.5 Å². The number of benzene rings is 1. The van der Waals surface area contributed by atoms with Crippen LogP contribution in [0.25, 0.3) is 22.0 Å². The number of hydrogen-bond donors (Lipinski definition) is 1. The number of furan rings is 1. The number of para-hydroxylation sites is 1. The average Bonchev–Trinajstić information content (AvgIpc) is 3.11. The van der Waals surface area contributed by atoms with Crippen LogP contribution < -0.4 is 11.3 Å². The van der Waals surface area contributed by atoms with E-state index in [1.54, 1.807) is 24.5 Å². The van der Waals surface area contributed by atoms with Crippen molar-refractivity contribution in [1.29, 1.82) is 0 Å². The molecule has 4 rings (SSSR count). The fourth-order valence-corrected chi connectivity index (χ4v) is 4.39. The predicted molar refractivity (Wildman–Crippen MR) is 123 cm³/mol. The van der Waals surface area contributed by atoms with Crippen LogP contribution in [-0.4, -0.2) is 32.1 Å². The van der Waals surface area contributed by atoms with Gasteiger partial charge in [-0.15, -0.1) is 0 Å². The number of carbonyl (C=O) groups excluding carboxylic acids is 1. The molecule has 0 aliphatic rings. The molecule has 4 aromatic rings.